The first-order valence-electron chi connectivity index (χ1n) is 6.23. The Labute approximate surface area is 87.4 Å². The Kier molecular flexibility index (Phi) is 3.82. The van der Waals surface area contributed by atoms with Gasteiger partial charge in [0.1, 0.15) is 0 Å². The molecule has 1 aliphatic carbocycles. The summed E-state index contributed by atoms with van der Waals surface area (Å²) in [6, 6.07) is 0.735. The van der Waals surface area contributed by atoms with E-state index in [0.717, 1.165) is 25.1 Å². The lowest BCUT2D eigenvalue weighted by Crippen LogP contribution is -2.21. The van der Waals surface area contributed by atoms with Crippen molar-refractivity contribution in [2.75, 3.05) is 13.2 Å². The van der Waals surface area contributed by atoms with E-state index >= 15 is 0 Å². The van der Waals surface area contributed by atoms with Crippen LogP contribution in [-0.2, 0) is 4.74 Å². The highest BCUT2D eigenvalue weighted by Gasteiger charge is 2.27. The van der Waals surface area contributed by atoms with Crippen molar-refractivity contribution in [2.45, 2.75) is 57.6 Å². The average molecular weight is 197 g/mol. The fraction of sp³-hybridized carbons (Fsp3) is 1.00. The first kappa shape index (κ1) is 10.4. The van der Waals surface area contributed by atoms with Gasteiger partial charge in [-0.25, -0.2) is 0 Å². The van der Waals surface area contributed by atoms with Crippen molar-refractivity contribution in [3.8, 4) is 0 Å². The number of unbranched alkanes of at least 4 members (excludes halogenated alkanes) is 1. The molecule has 14 heavy (non-hydrogen) atoms. The van der Waals surface area contributed by atoms with Crippen LogP contribution in [0.2, 0.25) is 0 Å². The van der Waals surface area contributed by atoms with Crippen molar-refractivity contribution in [1.29, 1.82) is 0 Å². The molecule has 0 aromatic carbocycles. The molecule has 0 aromatic rings. The molecule has 0 unspecified atom stereocenters. The molecule has 1 heterocycles. The largest absolute Gasteiger partial charge is 0.377 e. The first-order valence-corrected chi connectivity index (χ1v) is 6.23. The second-order valence-corrected chi connectivity index (χ2v) is 4.88. The van der Waals surface area contributed by atoms with Crippen LogP contribution >= 0.6 is 0 Å². The molecule has 1 aliphatic heterocycles. The molecule has 1 saturated carbocycles. The molecular formula is C12H23NO. The summed E-state index contributed by atoms with van der Waals surface area (Å²) >= 11 is 0. The number of ether oxygens (including phenoxy) is 1. The monoisotopic (exact) mass is 197 g/mol. The molecule has 0 amide bonds. The Bertz CT molecular complexity index is 168. The van der Waals surface area contributed by atoms with Crippen LogP contribution in [0, 0.1) is 5.92 Å². The van der Waals surface area contributed by atoms with Crippen molar-refractivity contribution in [2.24, 2.45) is 5.92 Å². The third-order valence-corrected chi connectivity index (χ3v) is 3.35. The third-order valence-electron chi connectivity index (χ3n) is 3.35. The van der Waals surface area contributed by atoms with Crippen LogP contribution in [0.3, 0.4) is 0 Å². The van der Waals surface area contributed by atoms with E-state index in [0.29, 0.717) is 6.10 Å². The summed E-state index contributed by atoms with van der Waals surface area (Å²) in [6.07, 6.45) is 8.56. The van der Waals surface area contributed by atoms with E-state index in [4.69, 9.17) is 4.74 Å². The summed E-state index contributed by atoms with van der Waals surface area (Å²) in [5, 5.41) is 3.56. The molecule has 2 rings (SSSR count). The minimum absolute atomic E-state index is 0.512. The average Bonchev–Trinajstić information content (AvgIpc) is 2.92. The van der Waals surface area contributed by atoms with Gasteiger partial charge in [0.05, 0.1) is 6.10 Å². The van der Waals surface area contributed by atoms with E-state index in [9.17, 15) is 0 Å². The molecule has 2 nitrogen and oxygen atoms in total. The molecule has 0 bridgehead atoms. The Hall–Kier alpha value is -0.0800. The van der Waals surface area contributed by atoms with Crippen LogP contribution in [0.4, 0.5) is 0 Å². The summed E-state index contributed by atoms with van der Waals surface area (Å²) in [4.78, 5) is 0. The minimum atomic E-state index is 0.512. The normalized spacial score (nSPS) is 32.4. The van der Waals surface area contributed by atoms with Gasteiger partial charge in [-0.15, -0.1) is 0 Å². The quantitative estimate of drug-likeness (QED) is 0.705. The lowest BCUT2D eigenvalue weighted by atomic mass is 10.1. The number of hydrogen-bond acceptors (Lipinski definition) is 2. The maximum Gasteiger partial charge on any atom is 0.0714 e. The zero-order valence-electron chi connectivity index (χ0n) is 9.30. The maximum absolute atomic E-state index is 5.87. The highest BCUT2D eigenvalue weighted by Crippen LogP contribution is 2.30. The van der Waals surface area contributed by atoms with E-state index in [2.05, 4.69) is 12.2 Å². The van der Waals surface area contributed by atoms with Crippen molar-refractivity contribution in [3.05, 3.63) is 0 Å². The highest BCUT2D eigenvalue weighted by molar-refractivity contribution is 4.83. The molecule has 2 fully saturated rings. The van der Waals surface area contributed by atoms with Gasteiger partial charge in [0.2, 0.25) is 0 Å². The van der Waals surface area contributed by atoms with E-state index in [1.165, 1.54) is 38.5 Å². The number of hydrogen-bond donors (Lipinski definition) is 1. The maximum atomic E-state index is 5.87. The van der Waals surface area contributed by atoms with Gasteiger partial charge < -0.3 is 10.1 Å². The van der Waals surface area contributed by atoms with E-state index < -0.39 is 0 Å². The van der Waals surface area contributed by atoms with Gasteiger partial charge in [-0.3, -0.25) is 0 Å². The highest BCUT2D eigenvalue weighted by atomic mass is 16.5. The van der Waals surface area contributed by atoms with E-state index in [1.807, 2.05) is 0 Å². The standard InChI is InChI=1S/C12H23NO/c1-2-3-4-11-7-12(8-13-11)14-9-10-5-6-10/h10-13H,2-9H2,1H3/t11-,12-/m1/s1. The minimum Gasteiger partial charge on any atom is -0.377 e. The Morgan fingerprint density at radius 3 is 2.93 bits per heavy atom. The van der Waals surface area contributed by atoms with Crippen LogP contribution < -0.4 is 5.32 Å². The van der Waals surface area contributed by atoms with E-state index in [-0.39, 0.29) is 0 Å². The molecule has 1 N–H and O–H groups in total. The lowest BCUT2D eigenvalue weighted by molar-refractivity contribution is 0.0576. The summed E-state index contributed by atoms with van der Waals surface area (Å²) in [5.41, 5.74) is 0. The Morgan fingerprint density at radius 2 is 2.21 bits per heavy atom. The zero-order valence-corrected chi connectivity index (χ0v) is 9.30. The van der Waals surface area contributed by atoms with Crippen molar-refractivity contribution >= 4 is 0 Å². The molecule has 2 aliphatic rings. The summed E-state index contributed by atoms with van der Waals surface area (Å²) in [5.74, 6) is 0.907. The van der Waals surface area contributed by atoms with Gasteiger partial charge >= 0.3 is 0 Å². The topological polar surface area (TPSA) is 21.3 Å². The number of nitrogens with one attached hydrogen (secondary N) is 1. The van der Waals surface area contributed by atoms with Gasteiger partial charge in [0.25, 0.3) is 0 Å². The van der Waals surface area contributed by atoms with Crippen LogP contribution in [-0.4, -0.2) is 25.3 Å². The molecule has 1 saturated heterocycles. The molecule has 82 valence electrons. The van der Waals surface area contributed by atoms with Crippen LogP contribution in [0.5, 0.6) is 0 Å². The predicted molar refractivity (Wildman–Crippen MR) is 58.4 cm³/mol. The second-order valence-electron chi connectivity index (χ2n) is 4.88. The SMILES string of the molecule is CCCC[C@@H]1C[C@@H](OCC2CC2)CN1. The second kappa shape index (κ2) is 5.13. The third kappa shape index (κ3) is 3.25. The van der Waals surface area contributed by atoms with Crippen molar-refractivity contribution in [1.82, 2.24) is 5.32 Å². The fourth-order valence-electron chi connectivity index (χ4n) is 2.14. The Balaban J connectivity index is 1.56. The smallest absolute Gasteiger partial charge is 0.0714 e. The predicted octanol–water partition coefficient (Wildman–Crippen LogP) is 2.33. The zero-order chi connectivity index (χ0) is 9.80. The molecular weight excluding hydrogens is 174 g/mol. The molecule has 0 radical (unpaired) electrons. The molecule has 0 spiro atoms. The number of rotatable bonds is 6. The summed E-state index contributed by atoms with van der Waals surface area (Å²) in [6.45, 7) is 4.37. The summed E-state index contributed by atoms with van der Waals surface area (Å²) < 4.78 is 5.87. The summed E-state index contributed by atoms with van der Waals surface area (Å²) in [7, 11) is 0. The fourth-order valence-corrected chi connectivity index (χ4v) is 2.14. The van der Waals surface area contributed by atoms with Crippen LogP contribution in [0.1, 0.15) is 45.4 Å². The lowest BCUT2D eigenvalue weighted by Gasteiger charge is -2.10. The van der Waals surface area contributed by atoms with E-state index in [1.54, 1.807) is 0 Å². The molecule has 2 atom stereocenters. The van der Waals surface area contributed by atoms with Gasteiger partial charge in [-0.2, -0.15) is 0 Å². The van der Waals surface area contributed by atoms with Gasteiger partial charge in [-0.05, 0) is 31.6 Å². The first-order chi connectivity index (χ1) is 6.88. The van der Waals surface area contributed by atoms with Gasteiger partial charge in [0.15, 0.2) is 0 Å². The van der Waals surface area contributed by atoms with Crippen LogP contribution in [0.15, 0.2) is 0 Å². The van der Waals surface area contributed by atoms with Crippen molar-refractivity contribution < 1.29 is 4.74 Å². The van der Waals surface area contributed by atoms with Gasteiger partial charge in [-0.1, -0.05) is 19.8 Å². The van der Waals surface area contributed by atoms with Crippen molar-refractivity contribution in [3.63, 3.8) is 0 Å². The molecule has 2 heteroatoms. The van der Waals surface area contributed by atoms with Gasteiger partial charge in [0, 0.05) is 19.2 Å². The Morgan fingerprint density at radius 1 is 1.36 bits per heavy atom. The van der Waals surface area contributed by atoms with Crippen LogP contribution in [0.25, 0.3) is 0 Å². The molecule has 0 aromatic heterocycles.